The van der Waals surface area contributed by atoms with Crippen LogP contribution < -0.4 is 0 Å². The van der Waals surface area contributed by atoms with Crippen LogP contribution in [0.4, 0.5) is 0 Å². The molecule has 0 fully saturated rings. The maximum atomic E-state index is 11.7. The number of aliphatic hydroxyl groups excluding tert-OH is 2. The number of rotatable bonds is 8. The van der Waals surface area contributed by atoms with E-state index >= 15 is 0 Å². The molecule has 0 saturated heterocycles. The van der Waals surface area contributed by atoms with Crippen LogP contribution in [-0.2, 0) is 13.6 Å². The first-order chi connectivity index (χ1) is 6.18. The summed E-state index contributed by atoms with van der Waals surface area (Å²) in [4.78, 5) is 0. The van der Waals surface area contributed by atoms with Crippen LogP contribution in [0.15, 0.2) is 0 Å². The van der Waals surface area contributed by atoms with Gasteiger partial charge >= 0.3 is 7.60 Å². The van der Waals surface area contributed by atoms with E-state index in [0.29, 0.717) is 13.0 Å². The smallest absolute Gasteiger partial charge is 0.330 e. The van der Waals surface area contributed by atoms with Gasteiger partial charge in [-0.15, -0.1) is 0 Å². The molecule has 13 heavy (non-hydrogen) atoms. The van der Waals surface area contributed by atoms with Gasteiger partial charge in [0.15, 0.2) is 0 Å². The highest BCUT2D eigenvalue weighted by Crippen LogP contribution is 2.48. The van der Waals surface area contributed by atoms with E-state index in [-0.39, 0.29) is 26.0 Å². The molecule has 0 aromatic carbocycles. The van der Waals surface area contributed by atoms with Crippen molar-refractivity contribution in [1.82, 2.24) is 0 Å². The molecule has 0 aromatic rings. The maximum absolute atomic E-state index is 11.7. The van der Waals surface area contributed by atoms with E-state index in [0.717, 1.165) is 0 Å². The Balaban J connectivity index is 3.92. The van der Waals surface area contributed by atoms with Gasteiger partial charge in [0.2, 0.25) is 0 Å². The molecular formula is C7H17O5P. The highest BCUT2D eigenvalue weighted by Gasteiger charge is 2.22. The monoisotopic (exact) mass is 212 g/mol. The molecule has 0 saturated carbocycles. The number of hydrogen-bond donors (Lipinski definition) is 2. The third kappa shape index (κ3) is 6.18. The van der Waals surface area contributed by atoms with Gasteiger partial charge in [-0.1, -0.05) is 0 Å². The third-order valence-electron chi connectivity index (χ3n) is 1.30. The lowest BCUT2D eigenvalue weighted by Gasteiger charge is -2.16. The molecule has 1 atom stereocenters. The van der Waals surface area contributed by atoms with Crippen LogP contribution in [0.2, 0.25) is 0 Å². The second-order valence-corrected chi connectivity index (χ2v) is 4.57. The predicted octanol–water partition coefficient (Wildman–Crippen LogP) is 0.607. The van der Waals surface area contributed by atoms with Crippen LogP contribution >= 0.6 is 7.60 Å². The largest absolute Gasteiger partial charge is 0.396 e. The minimum absolute atomic E-state index is 0.00268. The van der Waals surface area contributed by atoms with E-state index in [2.05, 4.69) is 0 Å². The molecule has 0 aliphatic rings. The Bertz CT molecular complexity index is 149. The van der Waals surface area contributed by atoms with Crippen LogP contribution in [0.1, 0.15) is 13.3 Å². The molecule has 0 aromatic heterocycles. The van der Waals surface area contributed by atoms with E-state index in [1.807, 2.05) is 0 Å². The first-order valence-electron chi connectivity index (χ1n) is 4.28. The molecule has 0 spiro atoms. The summed E-state index contributed by atoms with van der Waals surface area (Å²) < 4.78 is 21.5. The fourth-order valence-electron chi connectivity index (χ4n) is 0.807. The Morgan fingerprint density at radius 3 is 2.38 bits per heavy atom. The van der Waals surface area contributed by atoms with Crippen molar-refractivity contribution >= 4 is 7.60 Å². The molecule has 0 rings (SSSR count). The van der Waals surface area contributed by atoms with Gasteiger partial charge in [-0.25, -0.2) is 0 Å². The predicted molar refractivity (Wildman–Crippen MR) is 48.8 cm³/mol. The van der Waals surface area contributed by atoms with E-state index in [9.17, 15) is 4.57 Å². The summed E-state index contributed by atoms with van der Waals surface area (Å²) in [5, 5.41) is 17.0. The van der Waals surface area contributed by atoms with Gasteiger partial charge in [-0.3, -0.25) is 4.57 Å². The van der Waals surface area contributed by atoms with Gasteiger partial charge in [0.1, 0.15) is 0 Å². The average Bonchev–Trinajstić information content (AvgIpc) is 2.12. The zero-order valence-corrected chi connectivity index (χ0v) is 8.70. The fraction of sp³-hybridized carbons (Fsp3) is 1.00. The van der Waals surface area contributed by atoms with Gasteiger partial charge in [-0.05, 0) is 13.3 Å². The SMILES string of the molecule is CCOP(=O)(CCCO)OCCO. The van der Waals surface area contributed by atoms with E-state index in [1.165, 1.54) is 0 Å². The van der Waals surface area contributed by atoms with Gasteiger partial charge in [0, 0.05) is 6.61 Å². The molecule has 0 aliphatic carbocycles. The van der Waals surface area contributed by atoms with Crippen molar-refractivity contribution in [2.45, 2.75) is 13.3 Å². The summed E-state index contributed by atoms with van der Waals surface area (Å²) >= 11 is 0. The zero-order valence-electron chi connectivity index (χ0n) is 7.81. The lowest BCUT2D eigenvalue weighted by Crippen LogP contribution is -2.05. The van der Waals surface area contributed by atoms with E-state index < -0.39 is 7.60 Å². The van der Waals surface area contributed by atoms with Gasteiger partial charge in [0.25, 0.3) is 0 Å². The van der Waals surface area contributed by atoms with Gasteiger partial charge in [-0.2, -0.15) is 0 Å². The molecule has 0 heterocycles. The molecule has 0 radical (unpaired) electrons. The minimum atomic E-state index is -3.07. The zero-order chi connectivity index (χ0) is 10.2. The van der Waals surface area contributed by atoms with Crippen molar-refractivity contribution in [2.24, 2.45) is 0 Å². The number of hydrogen-bond acceptors (Lipinski definition) is 5. The quantitative estimate of drug-likeness (QED) is 0.576. The molecule has 6 heteroatoms. The van der Waals surface area contributed by atoms with Crippen molar-refractivity contribution in [1.29, 1.82) is 0 Å². The Morgan fingerprint density at radius 1 is 1.23 bits per heavy atom. The first kappa shape index (κ1) is 13.1. The van der Waals surface area contributed by atoms with Crippen molar-refractivity contribution in [2.75, 3.05) is 32.6 Å². The van der Waals surface area contributed by atoms with E-state index in [4.69, 9.17) is 19.3 Å². The average molecular weight is 212 g/mol. The first-order valence-corrected chi connectivity index (χ1v) is 6.01. The molecule has 80 valence electrons. The van der Waals surface area contributed by atoms with Crippen LogP contribution in [-0.4, -0.2) is 42.8 Å². The fourth-order valence-corrected chi connectivity index (χ4v) is 2.42. The lowest BCUT2D eigenvalue weighted by atomic mass is 10.5. The van der Waals surface area contributed by atoms with Crippen molar-refractivity contribution in [3.8, 4) is 0 Å². The summed E-state index contributed by atoms with van der Waals surface area (Å²) in [6, 6.07) is 0. The lowest BCUT2D eigenvalue weighted by molar-refractivity contribution is 0.163. The molecule has 2 N–H and O–H groups in total. The molecule has 5 nitrogen and oxygen atoms in total. The summed E-state index contributed by atoms with van der Waals surface area (Å²) in [6.45, 7) is 1.79. The van der Waals surface area contributed by atoms with Crippen molar-refractivity contribution in [3.63, 3.8) is 0 Å². The Morgan fingerprint density at radius 2 is 1.92 bits per heavy atom. The van der Waals surface area contributed by atoms with Crippen molar-refractivity contribution in [3.05, 3.63) is 0 Å². The summed E-state index contributed by atoms with van der Waals surface area (Å²) in [7, 11) is -3.07. The highest BCUT2D eigenvalue weighted by atomic mass is 31.2. The Labute approximate surface area is 78.2 Å². The van der Waals surface area contributed by atoms with Gasteiger partial charge < -0.3 is 19.3 Å². The summed E-state index contributed by atoms with van der Waals surface area (Å²) in [5.41, 5.74) is 0. The molecule has 1 unspecified atom stereocenters. The number of aliphatic hydroxyl groups is 2. The molecule has 0 amide bonds. The minimum Gasteiger partial charge on any atom is -0.396 e. The maximum Gasteiger partial charge on any atom is 0.330 e. The normalized spacial score (nSPS) is 15.6. The molecular weight excluding hydrogens is 195 g/mol. The van der Waals surface area contributed by atoms with Crippen LogP contribution in [0.25, 0.3) is 0 Å². The molecule has 0 bridgehead atoms. The summed E-state index contributed by atoms with van der Waals surface area (Å²) in [5.74, 6) is 0. The summed E-state index contributed by atoms with van der Waals surface area (Å²) in [6.07, 6.45) is 0.569. The van der Waals surface area contributed by atoms with Gasteiger partial charge in [0.05, 0.1) is 26.0 Å². The van der Waals surface area contributed by atoms with E-state index in [1.54, 1.807) is 6.92 Å². The van der Waals surface area contributed by atoms with Crippen LogP contribution in [0, 0.1) is 0 Å². The van der Waals surface area contributed by atoms with Crippen LogP contribution in [0.3, 0.4) is 0 Å². The second-order valence-electron chi connectivity index (χ2n) is 2.39. The third-order valence-corrected chi connectivity index (χ3v) is 3.39. The second kappa shape index (κ2) is 7.47. The Hall–Kier alpha value is 0.0700. The standard InChI is InChI=1S/C7H17O5P/c1-2-11-13(10,7-3-4-8)12-6-5-9/h8-9H,2-7H2,1H3. The Kier molecular flexibility index (Phi) is 7.51. The van der Waals surface area contributed by atoms with Crippen LogP contribution in [0.5, 0.6) is 0 Å². The topological polar surface area (TPSA) is 76.0 Å². The van der Waals surface area contributed by atoms with Crippen molar-refractivity contribution < 1.29 is 23.8 Å². The molecule has 0 aliphatic heterocycles. The highest BCUT2D eigenvalue weighted by molar-refractivity contribution is 7.53.